The van der Waals surface area contributed by atoms with Gasteiger partial charge < -0.3 is 20.4 Å². The summed E-state index contributed by atoms with van der Waals surface area (Å²) in [6, 6.07) is 30.3. The first-order chi connectivity index (χ1) is 22.3. The van der Waals surface area contributed by atoms with Crippen LogP contribution in [0, 0.1) is 5.41 Å². The van der Waals surface area contributed by atoms with Crippen molar-refractivity contribution < 1.29 is 0 Å². The molecular formula is C37H41BrCl2N6. The number of nitrogens with zero attached hydrogens (tertiary/aromatic N) is 4. The van der Waals surface area contributed by atoms with Gasteiger partial charge in [-0.1, -0.05) is 99.8 Å². The van der Waals surface area contributed by atoms with Gasteiger partial charge in [0.2, 0.25) is 0 Å². The van der Waals surface area contributed by atoms with Gasteiger partial charge in [0.15, 0.2) is 11.9 Å². The summed E-state index contributed by atoms with van der Waals surface area (Å²) >= 11 is 15.9. The van der Waals surface area contributed by atoms with Crippen LogP contribution in [0.15, 0.2) is 94.4 Å². The highest BCUT2D eigenvalue weighted by Gasteiger charge is 2.34. The van der Waals surface area contributed by atoms with Crippen molar-refractivity contribution in [3.8, 4) is 0 Å². The van der Waals surface area contributed by atoms with Crippen molar-refractivity contribution in [1.82, 2.24) is 14.7 Å². The maximum atomic E-state index is 9.20. The molecule has 2 aliphatic rings. The first-order valence-corrected chi connectivity index (χ1v) is 17.7. The maximum absolute atomic E-state index is 9.20. The number of halogens is 3. The lowest BCUT2D eigenvalue weighted by atomic mass is 10.0. The van der Waals surface area contributed by atoms with E-state index in [9.17, 15) is 5.41 Å². The molecule has 4 aromatic carbocycles. The summed E-state index contributed by atoms with van der Waals surface area (Å²) in [6.07, 6.45) is 5.80. The van der Waals surface area contributed by atoms with Crippen LogP contribution in [0.2, 0.25) is 10.0 Å². The number of guanidine groups is 2. The van der Waals surface area contributed by atoms with E-state index in [0.29, 0.717) is 28.0 Å². The van der Waals surface area contributed by atoms with Gasteiger partial charge in [0.25, 0.3) is 0 Å². The number of nitrogens with two attached hydrogens (primary N) is 1. The van der Waals surface area contributed by atoms with Crippen molar-refractivity contribution in [1.29, 1.82) is 5.41 Å². The van der Waals surface area contributed by atoms with E-state index in [-0.39, 0.29) is 6.04 Å². The average molecular weight is 721 g/mol. The highest BCUT2D eigenvalue weighted by molar-refractivity contribution is 9.10. The van der Waals surface area contributed by atoms with E-state index < -0.39 is 0 Å². The molecule has 46 heavy (non-hydrogen) atoms. The molecule has 0 aliphatic carbocycles. The molecule has 6 rings (SSSR count). The van der Waals surface area contributed by atoms with Gasteiger partial charge in [-0.3, -0.25) is 10.4 Å². The molecule has 0 bridgehead atoms. The third-order valence-electron chi connectivity index (χ3n) is 9.32. The van der Waals surface area contributed by atoms with E-state index in [1.165, 1.54) is 21.9 Å². The van der Waals surface area contributed by atoms with Gasteiger partial charge in [-0.2, -0.15) is 0 Å². The van der Waals surface area contributed by atoms with Gasteiger partial charge >= 0.3 is 0 Å². The molecule has 2 heterocycles. The summed E-state index contributed by atoms with van der Waals surface area (Å²) in [5, 5.41) is 12.9. The van der Waals surface area contributed by atoms with E-state index in [1.54, 1.807) is 0 Å². The highest BCUT2D eigenvalue weighted by Crippen LogP contribution is 2.26. The zero-order valence-corrected chi connectivity index (χ0v) is 29.1. The summed E-state index contributed by atoms with van der Waals surface area (Å²) in [5.41, 5.74) is 10.1. The lowest BCUT2D eigenvalue weighted by molar-refractivity contribution is 0.312. The summed E-state index contributed by atoms with van der Waals surface area (Å²) in [5.74, 6) is 1.28. The Kier molecular flexibility index (Phi) is 10.7. The second-order valence-electron chi connectivity index (χ2n) is 12.4. The van der Waals surface area contributed by atoms with Gasteiger partial charge in [0.05, 0.1) is 28.7 Å². The van der Waals surface area contributed by atoms with Crippen LogP contribution in [0.3, 0.4) is 0 Å². The number of unbranched alkanes of at least 4 members (excludes halogenated alkanes) is 1. The van der Waals surface area contributed by atoms with Gasteiger partial charge in [0.1, 0.15) is 0 Å². The fourth-order valence-corrected chi connectivity index (χ4v) is 7.32. The quantitative estimate of drug-likeness (QED) is 0.137. The summed E-state index contributed by atoms with van der Waals surface area (Å²) in [7, 11) is 0. The van der Waals surface area contributed by atoms with Crippen molar-refractivity contribution in [3.05, 3.63) is 116 Å². The zero-order valence-electron chi connectivity index (χ0n) is 26.0. The largest absolute Gasteiger partial charge is 0.370 e. The summed E-state index contributed by atoms with van der Waals surface area (Å²) < 4.78 is 1.09. The summed E-state index contributed by atoms with van der Waals surface area (Å²) in [4.78, 5) is 11.4. The van der Waals surface area contributed by atoms with Gasteiger partial charge in [-0.25, -0.2) is 0 Å². The van der Waals surface area contributed by atoms with E-state index >= 15 is 0 Å². The number of hydrogen-bond acceptors (Lipinski definition) is 4. The SMILES string of the molecule is N=C1N(CCCC[C@H]2CN=C(N)N2CCc2ccc(Cl)c(Cl)c2)C[C@H](Cc2ccc3ccccc3c2)N1CCc1ccc(Br)cc1. The minimum absolute atomic E-state index is 0.268. The van der Waals surface area contributed by atoms with Crippen molar-refractivity contribution in [2.75, 3.05) is 32.7 Å². The highest BCUT2D eigenvalue weighted by atomic mass is 79.9. The van der Waals surface area contributed by atoms with Crippen LogP contribution in [0.4, 0.5) is 0 Å². The molecule has 3 N–H and O–H groups in total. The molecular weight excluding hydrogens is 679 g/mol. The smallest absolute Gasteiger partial charge is 0.194 e. The van der Waals surface area contributed by atoms with Crippen LogP contribution in [-0.2, 0) is 19.3 Å². The molecule has 9 heteroatoms. The number of benzene rings is 4. The Balaban J connectivity index is 1.05. The molecule has 0 amide bonds. The van der Waals surface area contributed by atoms with Gasteiger partial charge in [-0.05, 0) is 90.3 Å². The van der Waals surface area contributed by atoms with Gasteiger partial charge in [0, 0.05) is 30.7 Å². The van der Waals surface area contributed by atoms with Gasteiger partial charge in [-0.15, -0.1) is 0 Å². The number of fused-ring (bicyclic) bond motifs is 1. The predicted octanol–water partition coefficient (Wildman–Crippen LogP) is 8.03. The van der Waals surface area contributed by atoms with E-state index in [2.05, 4.69) is 102 Å². The van der Waals surface area contributed by atoms with E-state index in [4.69, 9.17) is 28.9 Å². The molecule has 4 aromatic rings. The first kappa shape index (κ1) is 32.7. The molecule has 2 atom stereocenters. The third kappa shape index (κ3) is 7.99. The Hall–Kier alpha value is -3.26. The molecule has 0 aromatic heterocycles. The van der Waals surface area contributed by atoms with Crippen molar-refractivity contribution >= 4 is 61.8 Å². The molecule has 0 unspecified atom stereocenters. The Morgan fingerprint density at radius 3 is 2.28 bits per heavy atom. The maximum Gasteiger partial charge on any atom is 0.194 e. The zero-order chi connectivity index (χ0) is 32.0. The monoisotopic (exact) mass is 718 g/mol. The van der Waals surface area contributed by atoms with Crippen LogP contribution in [-0.4, -0.2) is 71.4 Å². The minimum Gasteiger partial charge on any atom is -0.370 e. The normalized spacial score (nSPS) is 18.2. The molecule has 6 nitrogen and oxygen atoms in total. The first-order valence-electron chi connectivity index (χ1n) is 16.2. The third-order valence-corrected chi connectivity index (χ3v) is 10.6. The summed E-state index contributed by atoms with van der Waals surface area (Å²) in [6.45, 7) is 4.14. The fourth-order valence-electron chi connectivity index (χ4n) is 6.74. The second kappa shape index (κ2) is 15.1. The van der Waals surface area contributed by atoms with Crippen LogP contribution in [0.5, 0.6) is 0 Å². The number of rotatable bonds is 13. The van der Waals surface area contributed by atoms with Crippen LogP contribution < -0.4 is 5.73 Å². The molecule has 0 spiro atoms. The number of nitrogens with one attached hydrogen (secondary N) is 1. The Morgan fingerprint density at radius 1 is 0.761 bits per heavy atom. The molecule has 1 saturated heterocycles. The van der Waals surface area contributed by atoms with Crippen molar-refractivity contribution in [2.24, 2.45) is 10.7 Å². The predicted molar refractivity (Wildman–Crippen MR) is 196 cm³/mol. The van der Waals surface area contributed by atoms with Crippen molar-refractivity contribution in [2.45, 2.75) is 50.6 Å². The molecule has 240 valence electrons. The van der Waals surface area contributed by atoms with Crippen LogP contribution in [0.25, 0.3) is 10.8 Å². The average Bonchev–Trinajstić information content (AvgIpc) is 3.56. The van der Waals surface area contributed by atoms with Crippen molar-refractivity contribution in [3.63, 3.8) is 0 Å². The van der Waals surface area contributed by atoms with E-state index in [1.807, 2.05) is 18.2 Å². The topological polar surface area (TPSA) is 71.9 Å². The van der Waals surface area contributed by atoms with Crippen LogP contribution in [0.1, 0.15) is 36.0 Å². The molecule has 1 fully saturated rings. The second-order valence-corrected chi connectivity index (χ2v) is 14.1. The lowest BCUT2D eigenvalue weighted by Gasteiger charge is -2.27. The standard InChI is InChI=1S/C37H41BrCl2N6/c38-31-13-9-26(10-14-31)16-20-46-33(22-28-8-12-29-5-1-2-6-30(29)21-28)25-44(37(46)42)18-4-3-7-32-24-43-36(41)45(32)19-17-27-11-15-34(39)35(40)23-27/h1-2,5-6,8-15,21,23,32-33,42H,3-4,7,16-20,22,24-25H2,(H2,41,43)/t32-,33-/m0/s1. The minimum atomic E-state index is 0.268. The van der Waals surface area contributed by atoms with Crippen LogP contribution >= 0.6 is 39.1 Å². The Labute approximate surface area is 290 Å². The lowest BCUT2D eigenvalue weighted by Crippen LogP contribution is -2.42. The molecule has 2 aliphatic heterocycles. The fraction of sp³-hybridized carbons (Fsp3) is 0.351. The Bertz CT molecular complexity index is 1690. The molecule has 0 saturated carbocycles. The number of aliphatic imine (C=N–C) groups is 1. The van der Waals surface area contributed by atoms with E-state index in [0.717, 1.165) is 81.3 Å². The number of hydrogen-bond donors (Lipinski definition) is 2. The molecule has 0 radical (unpaired) electrons. The Morgan fingerprint density at radius 2 is 1.48 bits per heavy atom.